The predicted molar refractivity (Wildman–Crippen MR) is 77.0 cm³/mol. The first-order chi connectivity index (χ1) is 11.2. The summed E-state index contributed by atoms with van der Waals surface area (Å²) in [5, 5.41) is 0. The fraction of sp³-hybridized carbons (Fsp3) is 0.538. The molecule has 1 aromatic heterocycles. The smallest absolute Gasteiger partial charge is 0.330 e. The molecule has 1 aromatic rings. The van der Waals surface area contributed by atoms with Crippen molar-refractivity contribution in [1.82, 2.24) is 9.55 Å². The number of aromatic amines is 1. The van der Waals surface area contributed by atoms with Crippen LogP contribution in [-0.2, 0) is 23.8 Å². The molecule has 0 radical (unpaired) electrons. The number of hydrogen-bond donors (Lipinski definition) is 1. The third-order valence-corrected chi connectivity index (χ3v) is 3.54. The van der Waals surface area contributed by atoms with E-state index in [0.717, 1.165) is 13.8 Å². The van der Waals surface area contributed by atoms with E-state index in [0.29, 0.717) is 10.8 Å². The van der Waals surface area contributed by atoms with Gasteiger partial charge in [-0.3, -0.25) is 23.9 Å². The first-order valence-electron chi connectivity index (χ1n) is 6.81. The molecule has 4 atom stereocenters. The van der Waals surface area contributed by atoms with E-state index in [1.807, 2.05) is 0 Å². The predicted octanol–water partition coefficient (Wildman–Crippen LogP) is -0.325. The zero-order valence-corrected chi connectivity index (χ0v) is 13.4. The van der Waals surface area contributed by atoms with E-state index in [4.69, 9.17) is 25.8 Å². The van der Waals surface area contributed by atoms with E-state index in [1.54, 1.807) is 4.98 Å². The van der Waals surface area contributed by atoms with Gasteiger partial charge in [0.05, 0.1) is 12.1 Å². The highest BCUT2D eigenvalue weighted by Crippen LogP contribution is 2.33. The second-order valence-electron chi connectivity index (χ2n) is 5.01. The lowest BCUT2D eigenvalue weighted by molar-refractivity contribution is -0.165. The van der Waals surface area contributed by atoms with Crippen molar-refractivity contribution in [1.29, 1.82) is 0 Å². The molecule has 0 aromatic carbocycles. The van der Waals surface area contributed by atoms with Crippen molar-refractivity contribution < 1.29 is 28.2 Å². The molecule has 0 bridgehead atoms. The highest BCUT2D eigenvalue weighted by atomic mass is 35.5. The molecule has 2 rings (SSSR count). The summed E-state index contributed by atoms with van der Waals surface area (Å²) >= 11 is 5.76. The van der Waals surface area contributed by atoms with Crippen LogP contribution in [0, 0.1) is 5.82 Å². The number of esters is 2. The largest absolute Gasteiger partial charge is 0.456 e. The fourth-order valence-corrected chi connectivity index (χ4v) is 2.61. The lowest BCUT2D eigenvalue weighted by Crippen LogP contribution is -2.42. The van der Waals surface area contributed by atoms with Crippen molar-refractivity contribution in [2.45, 2.75) is 38.4 Å². The number of halogens is 2. The summed E-state index contributed by atoms with van der Waals surface area (Å²) in [6, 6.07) is 0. The van der Waals surface area contributed by atoms with Gasteiger partial charge in [-0.2, -0.15) is 4.39 Å². The van der Waals surface area contributed by atoms with Gasteiger partial charge in [-0.15, -0.1) is 11.6 Å². The van der Waals surface area contributed by atoms with Crippen LogP contribution in [0.5, 0.6) is 0 Å². The topological polar surface area (TPSA) is 117 Å². The van der Waals surface area contributed by atoms with Gasteiger partial charge in [0.2, 0.25) is 5.82 Å². The summed E-state index contributed by atoms with van der Waals surface area (Å²) in [4.78, 5) is 47.4. The van der Waals surface area contributed by atoms with Gasteiger partial charge >= 0.3 is 17.6 Å². The van der Waals surface area contributed by atoms with Crippen LogP contribution in [0.15, 0.2) is 15.8 Å². The molecule has 0 amide bonds. The van der Waals surface area contributed by atoms with Crippen LogP contribution in [0.2, 0.25) is 0 Å². The number of carbonyl (C=O) groups is 2. The van der Waals surface area contributed by atoms with Crippen molar-refractivity contribution >= 4 is 23.5 Å². The Balaban J connectivity index is 2.48. The van der Waals surface area contributed by atoms with Crippen molar-refractivity contribution in [3.63, 3.8) is 0 Å². The maximum Gasteiger partial charge on any atom is 0.330 e. The zero-order valence-electron chi connectivity index (χ0n) is 12.7. The minimum absolute atomic E-state index is 0.146. The van der Waals surface area contributed by atoms with E-state index in [9.17, 15) is 23.6 Å². The highest BCUT2D eigenvalue weighted by molar-refractivity contribution is 6.18. The summed E-state index contributed by atoms with van der Waals surface area (Å²) in [6.07, 6.45) is -3.98. The third-order valence-electron chi connectivity index (χ3n) is 3.24. The molecule has 0 saturated carbocycles. The number of carbonyl (C=O) groups excluding carboxylic acids is 2. The molecule has 1 fully saturated rings. The van der Waals surface area contributed by atoms with Gasteiger partial charge < -0.3 is 14.2 Å². The van der Waals surface area contributed by atoms with Gasteiger partial charge in [-0.1, -0.05) is 0 Å². The first kappa shape index (κ1) is 18.1. The van der Waals surface area contributed by atoms with Crippen molar-refractivity contribution in [2.24, 2.45) is 0 Å². The van der Waals surface area contributed by atoms with Gasteiger partial charge in [0, 0.05) is 13.8 Å². The number of ether oxygens (including phenoxy) is 3. The normalized spacial score (nSPS) is 26.2. The Bertz CT molecular complexity index is 761. The molecule has 1 saturated heterocycles. The quantitative estimate of drug-likeness (QED) is 0.574. The molecule has 2 heterocycles. The maximum atomic E-state index is 13.5. The molecule has 132 valence electrons. The number of rotatable bonds is 4. The summed E-state index contributed by atoms with van der Waals surface area (Å²) in [6.45, 7) is 2.24. The number of alkyl halides is 1. The molecule has 24 heavy (non-hydrogen) atoms. The molecule has 9 nitrogen and oxygen atoms in total. The SMILES string of the molecule is CC(=O)OC1C(CCl)OC(n2cc(F)c(=O)[nH]c2=O)C1OC(C)=O. The Morgan fingerprint density at radius 2 is 1.88 bits per heavy atom. The summed E-state index contributed by atoms with van der Waals surface area (Å²) < 4.78 is 29.8. The van der Waals surface area contributed by atoms with E-state index < -0.39 is 53.5 Å². The molecule has 4 unspecified atom stereocenters. The molecular weight excluding hydrogens is 351 g/mol. The minimum atomic E-state index is -1.33. The second-order valence-corrected chi connectivity index (χ2v) is 5.32. The Hall–Kier alpha value is -2.20. The van der Waals surface area contributed by atoms with E-state index in [-0.39, 0.29) is 5.88 Å². The van der Waals surface area contributed by atoms with Gasteiger partial charge in [0.25, 0.3) is 5.56 Å². The van der Waals surface area contributed by atoms with Gasteiger partial charge in [0.15, 0.2) is 18.4 Å². The minimum Gasteiger partial charge on any atom is -0.456 e. The Labute approximate surface area is 139 Å². The average molecular weight is 365 g/mol. The molecule has 0 spiro atoms. The molecule has 0 aliphatic carbocycles. The van der Waals surface area contributed by atoms with Crippen LogP contribution in [0.3, 0.4) is 0 Å². The number of nitrogens with one attached hydrogen (secondary N) is 1. The van der Waals surface area contributed by atoms with E-state index in [2.05, 4.69) is 0 Å². The number of hydrogen-bond acceptors (Lipinski definition) is 7. The van der Waals surface area contributed by atoms with Crippen LogP contribution in [0.1, 0.15) is 20.1 Å². The van der Waals surface area contributed by atoms with Crippen LogP contribution >= 0.6 is 11.6 Å². The van der Waals surface area contributed by atoms with Crippen molar-refractivity contribution in [2.75, 3.05) is 5.88 Å². The van der Waals surface area contributed by atoms with Gasteiger partial charge in [-0.25, -0.2) is 4.79 Å². The molecule has 1 N–H and O–H groups in total. The third kappa shape index (κ3) is 3.65. The molecular formula is C13H14ClFN2O7. The fourth-order valence-electron chi connectivity index (χ4n) is 2.36. The van der Waals surface area contributed by atoms with Crippen LogP contribution in [0.25, 0.3) is 0 Å². The zero-order chi connectivity index (χ0) is 18.0. The Kier molecular flexibility index (Phi) is 5.40. The van der Waals surface area contributed by atoms with Crippen molar-refractivity contribution in [3.8, 4) is 0 Å². The molecule has 11 heteroatoms. The van der Waals surface area contributed by atoms with Crippen LogP contribution in [0.4, 0.5) is 4.39 Å². The molecule has 1 aliphatic heterocycles. The van der Waals surface area contributed by atoms with Gasteiger partial charge in [-0.05, 0) is 0 Å². The lowest BCUT2D eigenvalue weighted by atomic mass is 10.1. The Morgan fingerprint density at radius 1 is 1.29 bits per heavy atom. The monoisotopic (exact) mass is 364 g/mol. The first-order valence-corrected chi connectivity index (χ1v) is 7.35. The van der Waals surface area contributed by atoms with Crippen LogP contribution < -0.4 is 11.2 Å². The summed E-state index contributed by atoms with van der Waals surface area (Å²) in [7, 11) is 0. The van der Waals surface area contributed by atoms with E-state index in [1.165, 1.54) is 0 Å². The highest BCUT2D eigenvalue weighted by Gasteiger charge is 2.50. The van der Waals surface area contributed by atoms with Crippen LogP contribution in [-0.4, -0.2) is 45.7 Å². The van der Waals surface area contributed by atoms with E-state index >= 15 is 0 Å². The summed E-state index contributed by atoms with van der Waals surface area (Å²) in [5.74, 6) is -2.80. The second kappa shape index (κ2) is 7.14. The lowest BCUT2D eigenvalue weighted by Gasteiger charge is -2.23. The number of aromatic nitrogens is 2. The standard InChI is InChI=1S/C13H14ClFN2O7/c1-5(18)22-9-8(3-14)24-12(10(9)23-6(2)19)17-4-7(15)11(20)16-13(17)21/h4,8-10,12H,3H2,1-2H3,(H,16,20,21). The Morgan fingerprint density at radius 3 is 2.42 bits per heavy atom. The van der Waals surface area contributed by atoms with Crippen molar-refractivity contribution in [3.05, 3.63) is 32.9 Å². The maximum absolute atomic E-state index is 13.5. The summed E-state index contributed by atoms with van der Waals surface area (Å²) in [5.41, 5.74) is -2.19. The number of nitrogens with zero attached hydrogens (tertiary/aromatic N) is 1. The molecule has 1 aliphatic rings. The average Bonchev–Trinajstić information content (AvgIpc) is 2.79. The van der Waals surface area contributed by atoms with Gasteiger partial charge in [0.1, 0.15) is 6.10 Å². The number of H-pyrrole nitrogens is 1.